The normalized spacial score (nSPS) is 16.1. The molecule has 2 heterocycles. The highest BCUT2D eigenvalue weighted by molar-refractivity contribution is 7.01. The molecule has 0 saturated heterocycles. The first kappa shape index (κ1) is 30.5. The van der Waals surface area contributed by atoms with Crippen LogP contribution >= 0.6 is 0 Å². The molecule has 5 aromatic rings. The van der Waals surface area contributed by atoms with Gasteiger partial charge in [0.1, 0.15) is 0 Å². The molecule has 8 rings (SSSR count). The molecule has 0 amide bonds. The van der Waals surface area contributed by atoms with Gasteiger partial charge < -0.3 is 9.80 Å². The fourth-order valence-corrected chi connectivity index (χ4v) is 10.7. The van der Waals surface area contributed by atoms with Crippen molar-refractivity contribution >= 4 is 83.7 Å². The van der Waals surface area contributed by atoms with Crippen LogP contribution in [0.25, 0.3) is 0 Å². The minimum absolute atomic E-state index is 0.180. The van der Waals surface area contributed by atoms with Crippen LogP contribution < -0.4 is 36.6 Å². The van der Waals surface area contributed by atoms with E-state index in [0.717, 1.165) is 0 Å². The Morgan fingerprint density at radius 2 is 1.04 bits per heavy atom. The van der Waals surface area contributed by atoms with Crippen molar-refractivity contribution in [2.24, 2.45) is 0 Å². The van der Waals surface area contributed by atoms with Crippen LogP contribution in [0.2, 0.25) is 39.3 Å². The number of rotatable bonds is 5. The molecule has 0 bridgehead atoms. The quantitative estimate of drug-likeness (QED) is 0.172. The van der Waals surface area contributed by atoms with Crippen LogP contribution in [0.1, 0.15) is 43.6 Å². The zero-order valence-corrected chi connectivity index (χ0v) is 31.0. The van der Waals surface area contributed by atoms with E-state index in [9.17, 15) is 0 Å². The zero-order valence-electron chi connectivity index (χ0n) is 29.0. The van der Waals surface area contributed by atoms with Gasteiger partial charge >= 0.3 is 0 Å². The maximum Gasteiger partial charge on any atom is 0.252 e. The zero-order chi connectivity index (χ0) is 32.5. The Balaban J connectivity index is 1.34. The number of fused-ring (bicyclic) bond motifs is 4. The SMILES string of the molecule is C[Si](C)(C)c1ccc(N2c3ccc([Si](C)(C)C)cc3B3c4ccccc4N(c4ccc(C5CCCCC5)cc4)c4cccc2c43)cc1. The Morgan fingerprint density at radius 1 is 0.511 bits per heavy atom. The lowest BCUT2D eigenvalue weighted by molar-refractivity contribution is 0.443. The molecule has 2 aliphatic heterocycles. The predicted octanol–water partition coefficient (Wildman–Crippen LogP) is 8.91. The standard InChI is InChI=1S/C42H47BN2Si2/c1-46(2,3)34-25-23-33(24-26-34)45-39-28-27-35(47(4,5)6)29-37(39)43-36-15-10-11-16-38(36)44(40-17-12-18-41(45)42(40)43)32-21-19-31(20-22-32)30-13-8-7-9-14-30/h10-12,15-30H,7-9,13-14H2,1-6H3. The minimum atomic E-state index is -1.55. The van der Waals surface area contributed by atoms with E-state index in [1.165, 1.54) is 98.6 Å². The molecule has 0 aromatic heterocycles. The summed E-state index contributed by atoms with van der Waals surface area (Å²) < 4.78 is 0. The van der Waals surface area contributed by atoms with Gasteiger partial charge in [0, 0.05) is 34.1 Å². The largest absolute Gasteiger partial charge is 0.311 e. The van der Waals surface area contributed by atoms with E-state index in [-0.39, 0.29) is 6.71 Å². The Kier molecular flexibility index (Phi) is 7.42. The molecule has 236 valence electrons. The Labute approximate surface area is 284 Å². The second kappa shape index (κ2) is 11.4. The molecule has 0 spiro atoms. The third kappa shape index (κ3) is 5.23. The lowest BCUT2D eigenvalue weighted by atomic mass is 9.33. The van der Waals surface area contributed by atoms with E-state index in [1.54, 1.807) is 0 Å². The van der Waals surface area contributed by atoms with Gasteiger partial charge in [-0.3, -0.25) is 0 Å². The molecular weight excluding hydrogens is 599 g/mol. The van der Waals surface area contributed by atoms with Gasteiger partial charge in [-0.05, 0) is 89.2 Å². The summed E-state index contributed by atoms with van der Waals surface area (Å²) in [5.74, 6) is 0.707. The van der Waals surface area contributed by atoms with Gasteiger partial charge in [-0.25, -0.2) is 0 Å². The second-order valence-electron chi connectivity index (χ2n) is 16.1. The second-order valence-corrected chi connectivity index (χ2v) is 26.3. The van der Waals surface area contributed by atoms with E-state index in [0.29, 0.717) is 5.92 Å². The first-order valence-electron chi connectivity index (χ1n) is 17.8. The van der Waals surface area contributed by atoms with Crippen molar-refractivity contribution in [3.63, 3.8) is 0 Å². The third-order valence-electron chi connectivity index (χ3n) is 11.0. The summed E-state index contributed by atoms with van der Waals surface area (Å²) in [6, 6.07) is 42.6. The van der Waals surface area contributed by atoms with Gasteiger partial charge in [0.05, 0.1) is 16.1 Å². The molecule has 5 heteroatoms. The highest BCUT2D eigenvalue weighted by Gasteiger charge is 2.43. The number of anilines is 6. The van der Waals surface area contributed by atoms with Crippen molar-refractivity contribution in [2.75, 3.05) is 9.80 Å². The van der Waals surface area contributed by atoms with Gasteiger partial charge in [0.15, 0.2) is 0 Å². The fraction of sp³-hybridized carbons (Fsp3) is 0.286. The molecule has 1 aliphatic carbocycles. The van der Waals surface area contributed by atoms with Gasteiger partial charge in [-0.2, -0.15) is 0 Å². The number of para-hydroxylation sites is 1. The van der Waals surface area contributed by atoms with Crippen molar-refractivity contribution in [1.29, 1.82) is 0 Å². The lowest BCUT2D eigenvalue weighted by Crippen LogP contribution is -2.62. The summed E-state index contributed by atoms with van der Waals surface area (Å²) in [6.07, 6.45) is 6.77. The van der Waals surface area contributed by atoms with Crippen molar-refractivity contribution in [3.8, 4) is 0 Å². The molecule has 5 aromatic carbocycles. The summed E-state index contributed by atoms with van der Waals surface area (Å²) >= 11 is 0. The minimum Gasteiger partial charge on any atom is -0.311 e. The van der Waals surface area contributed by atoms with Crippen LogP contribution in [0.4, 0.5) is 34.1 Å². The highest BCUT2D eigenvalue weighted by Crippen LogP contribution is 2.44. The monoisotopic (exact) mass is 646 g/mol. The first-order valence-corrected chi connectivity index (χ1v) is 24.8. The van der Waals surface area contributed by atoms with E-state index < -0.39 is 16.1 Å². The van der Waals surface area contributed by atoms with Gasteiger partial charge in [0.2, 0.25) is 0 Å². The van der Waals surface area contributed by atoms with Gasteiger partial charge in [0.25, 0.3) is 6.71 Å². The molecule has 0 unspecified atom stereocenters. The van der Waals surface area contributed by atoms with Crippen LogP contribution in [-0.2, 0) is 0 Å². The van der Waals surface area contributed by atoms with Gasteiger partial charge in [-0.15, -0.1) is 0 Å². The molecule has 0 atom stereocenters. The average molecular weight is 647 g/mol. The van der Waals surface area contributed by atoms with Crippen molar-refractivity contribution in [1.82, 2.24) is 0 Å². The van der Waals surface area contributed by atoms with Gasteiger partial charge in [-0.1, -0.05) is 130 Å². The Morgan fingerprint density at radius 3 is 1.66 bits per heavy atom. The lowest BCUT2D eigenvalue weighted by Gasteiger charge is -2.44. The van der Waals surface area contributed by atoms with Crippen molar-refractivity contribution < 1.29 is 0 Å². The summed E-state index contributed by atoms with van der Waals surface area (Å²) in [5.41, 5.74) is 13.4. The highest BCUT2D eigenvalue weighted by atomic mass is 28.3. The summed E-state index contributed by atoms with van der Waals surface area (Å²) in [6.45, 7) is 14.9. The van der Waals surface area contributed by atoms with E-state index >= 15 is 0 Å². The number of hydrogen-bond donors (Lipinski definition) is 0. The molecule has 0 N–H and O–H groups in total. The topological polar surface area (TPSA) is 6.48 Å². The molecule has 0 radical (unpaired) electrons. The fourth-order valence-electron chi connectivity index (χ4n) is 8.35. The summed E-state index contributed by atoms with van der Waals surface area (Å²) in [5, 5.41) is 3.02. The Bertz CT molecular complexity index is 1950. The maximum atomic E-state index is 2.57. The van der Waals surface area contributed by atoms with Crippen LogP contribution in [0.15, 0.2) is 109 Å². The average Bonchev–Trinajstić information content (AvgIpc) is 3.08. The van der Waals surface area contributed by atoms with E-state index in [2.05, 4.69) is 158 Å². The van der Waals surface area contributed by atoms with Crippen LogP contribution in [0.3, 0.4) is 0 Å². The third-order valence-corrected chi connectivity index (χ3v) is 15.1. The smallest absolute Gasteiger partial charge is 0.252 e. The molecule has 3 aliphatic rings. The Hall–Kier alpha value is -3.80. The van der Waals surface area contributed by atoms with Crippen molar-refractivity contribution in [3.05, 3.63) is 115 Å². The van der Waals surface area contributed by atoms with Crippen LogP contribution in [0, 0.1) is 0 Å². The van der Waals surface area contributed by atoms with E-state index in [4.69, 9.17) is 0 Å². The van der Waals surface area contributed by atoms with Crippen molar-refractivity contribution in [2.45, 2.75) is 77.3 Å². The first-order chi connectivity index (χ1) is 22.6. The molecule has 1 fully saturated rings. The summed E-state index contributed by atoms with van der Waals surface area (Å²) in [4.78, 5) is 5.08. The van der Waals surface area contributed by atoms with E-state index in [1.807, 2.05) is 0 Å². The molecular formula is C42H47BN2Si2. The molecule has 1 saturated carbocycles. The number of benzene rings is 5. The summed E-state index contributed by atoms with van der Waals surface area (Å²) in [7, 11) is -2.97. The molecule has 2 nitrogen and oxygen atoms in total. The number of nitrogens with zero attached hydrogens (tertiary/aromatic N) is 2. The maximum absolute atomic E-state index is 2.57. The molecule has 47 heavy (non-hydrogen) atoms. The van der Waals surface area contributed by atoms with Crippen LogP contribution in [-0.4, -0.2) is 22.9 Å². The van der Waals surface area contributed by atoms with Crippen LogP contribution in [0.5, 0.6) is 0 Å². The number of hydrogen-bond acceptors (Lipinski definition) is 2. The predicted molar refractivity (Wildman–Crippen MR) is 212 cm³/mol.